The number of hydrogen-bond acceptors (Lipinski definition) is 4. The van der Waals surface area contributed by atoms with Gasteiger partial charge in [-0.05, 0) is 38.0 Å². The summed E-state index contributed by atoms with van der Waals surface area (Å²) in [4.78, 5) is 16.0. The second-order valence-electron chi connectivity index (χ2n) is 5.26. The van der Waals surface area contributed by atoms with Gasteiger partial charge in [0.1, 0.15) is 0 Å². The first-order valence-corrected chi connectivity index (χ1v) is 7.65. The lowest BCUT2D eigenvalue weighted by atomic mass is 9.99. The fraction of sp³-hybridized carbons (Fsp3) is 0.333. The molecule has 1 amide bonds. The van der Waals surface area contributed by atoms with E-state index in [4.69, 9.17) is 0 Å². The Morgan fingerprint density at radius 3 is 3.00 bits per heavy atom. The molecule has 5 heteroatoms. The predicted molar refractivity (Wildman–Crippen MR) is 83.3 cm³/mol. The summed E-state index contributed by atoms with van der Waals surface area (Å²) in [6.45, 7) is 4.20. The van der Waals surface area contributed by atoms with Gasteiger partial charge in [0, 0.05) is 29.1 Å². The summed E-state index contributed by atoms with van der Waals surface area (Å²) >= 11 is 1.62. The smallest absolute Gasteiger partial charge is 0.224 e. The van der Waals surface area contributed by atoms with Gasteiger partial charge in [-0.1, -0.05) is 6.07 Å². The van der Waals surface area contributed by atoms with E-state index < -0.39 is 0 Å². The van der Waals surface area contributed by atoms with Gasteiger partial charge in [-0.15, -0.1) is 11.3 Å². The normalized spacial score (nSPS) is 14.1. The Balaban J connectivity index is 1.87. The number of nitrogens with one attached hydrogen (secondary N) is 2. The zero-order valence-electron chi connectivity index (χ0n) is 11.6. The minimum Gasteiger partial charge on any atom is -0.359 e. The van der Waals surface area contributed by atoms with Crippen LogP contribution in [-0.4, -0.2) is 16.9 Å². The van der Waals surface area contributed by atoms with Crippen LogP contribution in [-0.2, 0) is 11.2 Å². The highest BCUT2D eigenvalue weighted by molar-refractivity contribution is 7.14. The predicted octanol–water partition coefficient (Wildman–Crippen LogP) is 3.52. The lowest BCUT2D eigenvalue weighted by Gasteiger charge is -2.17. The van der Waals surface area contributed by atoms with E-state index in [0.717, 1.165) is 28.5 Å². The number of thiazole rings is 1. The second-order valence-corrected chi connectivity index (χ2v) is 6.12. The minimum absolute atomic E-state index is 0.0994. The van der Waals surface area contributed by atoms with Gasteiger partial charge in [0.05, 0.1) is 5.69 Å². The Labute approximate surface area is 122 Å². The highest BCUT2D eigenvalue weighted by Gasteiger charge is 2.15. The third-order valence-electron chi connectivity index (χ3n) is 3.21. The first kappa shape index (κ1) is 13.1. The molecular formula is C15H17N3OS. The van der Waals surface area contributed by atoms with E-state index in [9.17, 15) is 4.79 Å². The number of fused-ring (bicyclic) bond motifs is 1. The maximum absolute atomic E-state index is 11.4. The molecule has 4 nitrogen and oxygen atoms in total. The number of hydrogen-bond donors (Lipinski definition) is 2. The number of carbonyl (C=O) groups excluding carboxylic acids is 1. The van der Waals surface area contributed by atoms with Crippen molar-refractivity contribution in [2.45, 2.75) is 32.7 Å². The average molecular weight is 287 g/mol. The molecule has 2 heterocycles. The molecule has 2 N–H and O–H groups in total. The van der Waals surface area contributed by atoms with Crippen molar-refractivity contribution < 1.29 is 4.79 Å². The number of rotatable bonds is 3. The number of nitrogens with zero attached hydrogens (tertiary/aromatic N) is 1. The van der Waals surface area contributed by atoms with Crippen LogP contribution in [0.2, 0.25) is 0 Å². The first-order chi connectivity index (χ1) is 9.61. The third-order valence-corrected chi connectivity index (χ3v) is 3.99. The molecular weight excluding hydrogens is 270 g/mol. The highest BCUT2D eigenvalue weighted by atomic mass is 32.1. The van der Waals surface area contributed by atoms with Gasteiger partial charge in [0.2, 0.25) is 5.91 Å². The van der Waals surface area contributed by atoms with Crippen molar-refractivity contribution in [2.75, 3.05) is 10.6 Å². The number of benzene rings is 1. The van der Waals surface area contributed by atoms with E-state index in [1.54, 1.807) is 11.3 Å². The lowest BCUT2D eigenvalue weighted by molar-refractivity contribution is -0.116. The van der Waals surface area contributed by atoms with E-state index in [1.807, 2.05) is 12.1 Å². The van der Waals surface area contributed by atoms with Crippen molar-refractivity contribution in [3.63, 3.8) is 0 Å². The molecule has 104 valence electrons. The van der Waals surface area contributed by atoms with Crippen LogP contribution in [0.4, 0.5) is 10.8 Å². The number of anilines is 2. The van der Waals surface area contributed by atoms with Gasteiger partial charge < -0.3 is 10.6 Å². The molecule has 1 aliphatic heterocycles. The third kappa shape index (κ3) is 2.67. The fourth-order valence-corrected chi connectivity index (χ4v) is 3.13. The monoisotopic (exact) mass is 287 g/mol. The Bertz CT molecular complexity index is 648. The molecule has 0 fully saturated rings. The van der Waals surface area contributed by atoms with Gasteiger partial charge in [-0.3, -0.25) is 4.79 Å². The van der Waals surface area contributed by atoms with Crippen molar-refractivity contribution in [3.8, 4) is 11.3 Å². The fourth-order valence-electron chi connectivity index (χ4n) is 2.26. The average Bonchev–Trinajstić information content (AvgIpc) is 2.85. The molecule has 1 aromatic heterocycles. The van der Waals surface area contributed by atoms with Crippen LogP contribution < -0.4 is 10.6 Å². The van der Waals surface area contributed by atoms with Crippen molar-refractivity contribution in [3.05, 3.63) is 29.1 Å². The van der Waals surface area contributed by atoms with E-state index in [0.29, 0.717) is 12.5 Å². The zero-order chi connectivity index (χ0) is 14.1. The topological polar surface area (TPSA) is 54.0 Å². The molecule has 0 spiro atoms. The van der Waals surface area contributed by atoms with Gasteiger partial charge >= 0.3 is 0 Å². The molecule has 0 radical (unpaired) electrons. The molecule has 0 saturated carbocycles. The summed E-state index contributed by atoms with van der Waals surface area (Å²) in [5.74, 6) is 0.0994. The number of carbonyl (C=O) groups is 1. The van der Waals surface area contributed by atoms with Crippen LogP contribution in [0.3, 0.4) is 0 Å². The second kappa shape index (κ2) is 5.25. The Morgan fingerprint density at radius 2 is 2.20 bits per heavy atom. The molecule has 1 aliphatic rings. The zero-order valence-corrected chi connectivity index (χ0v) is 12.4. The van der Waals surface area contributed by atoms with Crippen LogP contribution in [0.1, 0.15) is 25.8 Å². The van der Waals surface area contributed by atoms with Crippen molar-refractivity contribution in [1.29, 1.82) is 0 Å². The van der Waals surface area contributed by atoms with E-state index in [-0.39, 0.29) is 5.91 Å². The van der Waals surface area contributed by atoms with Crippen LogP contribution in [0.5, 0.6) is 0 Å². The molecule has 0 saturated heterocycles. The van der Waals surface area contributed by atoms with E-state index in [2.05, 4.69) is 40.9 Å². The highest BCUT2D eigenvalue weighted by Crippen LogP contribution is 2.30. The first-order valence-electron chi connectivity index (χ1n) is 6.77. The van der Waals surface area contributed by atoms with Gasteiger partial charge in [-0.25, -0.2) is 4.98 Å². The standard InChI is InChI=1S/C15H17N3OS/c1-9(2)16-15-18-13(8-20-15)11-3-5-12-10(7-11)4-6-14(19)17-12/h3,5,7-9H,4,6H2,1-2H3,(H,16,18)(H,17,19). The summed E-state index contributed by atoms with van der Waals surface area (Å²) in [5, 5.41) is 9.22. The molecule has 2 aromatic rings. The van der Waals surface area contributed by atoms with E-state index in [1.165, 1.54) is 5.56 Å². The summed E-state index contributed by atoms with van der Waals surface area (Å²) in [6.07, 6.45) is 1.36. The quantitative estimate of drug-likeness (QED) is 0.908. The van der Waals surface area contributed by atoms with Gasteiger partial charge in [0.25, 0.3) is 0 Å². The molecule has 0 unspecified atom stereocenters. The Morgan fingerprint density at radius 1 is 1.35 bits per heavy atom. The summed E-state index contributed by atoms with van der Waals surface area (Å²) < 4.78 is 0. The molecule has 3 rings (SSSR count). The van der Waals surface area contributed by atoms with Crippen LogP contribution in [0.25, 0.3) is 11.3 Å². The molecule has 0 bridgehead atoms. The lowest BCUT2D eigenvalue weighted by Crippen LogP contribution is -2.18. The summed E-state index contributed by atoms with van der Waals surface area (Å²) in [7, 11) is 0. The van der Waals surface area contributed by atoms with Crippen LogP contribution in [0.15, 0.2) is 23.6 Å². The number of amides is 1. The summed E-state index contributed by atoms with van der Waals surface area (Å²) in [6, 6.07) is 6.49. The molecule has 20 heavy (non-hydrogen) atoms. The summed E-state index contributed by atoms with van der Waals surface area (Å²) in [5.41, 5.74) is 4.21. The van der Waals surface area contributed by atoms with Crippen molar-refractivity contribution >= 4 is 28.1 Å². The van der Waals surface area contributed by atoms with Crippen molar-refractivity contribution in [1.82, 2.24) is 4.98 Å². The van der Waals surface area contributed by atoms with Gasteiger partial charge in [0.15, 0.2) is 5.13 Å². The number of aryl methyl sites for hydroxylation is 1. The Kier molecular flexibility index (Phi) is 3.44. The SMILES string of the molecule is CC(C)Nc1nc(-c2ccc3c(c2)CCC(=O)N3)cs1. The largest absolute Gasteiger partial charge is 0.359 e. The molecule has 1 aromatic carbocycles. The molecule has 0 atom stereocenters. The van der Waals surface area contributed by atoms with E-state index >= 15 is 0 Å². The maximum atomic E-state index is 11.4. The maximum Gasteiger partial charge on any atom is 0.224 e. The minimum atomic E-state index is 0.0994. The van der Waals surface area contributed by atoms with Crippen molar-refractivity contribution in [2.24, 2.45) is 0 Å². The number of aromatic nitrogens is 1. The molecule has 0 aliphatic carbocycles. The van der Waals surface area contributed by atoms with Crippen LogP contribution >= 0.6 is 11.3 Å². The van der Waals surface area contributed by atoms with Crippen LogP contribution in [0, 0.1) is 0 Å². The van der Waals surface area contributed by atoms with Gasteiger partial charge in [-0.2, -0.15) is 0 Å². The Hall–Kier alpha value is -1.88.